The van der Waals surface area contributed by atoms with E-state index in [4.69, 9.17) is 9.47 Å². The SMILES string of the molecule is COc1ccc(C2/C(=C(\O)c3ccc(C)c(F)c3)C(=O)C(=O)N2c2nnc(SCc3cccc4ccccc34)s2)cc1OC. The van der Waals surface area contributed by atoms with Crippen LogP contribution in [0.25, 0.3) is 16.5 Å². The molecule has 1 saturated heterocycles. The molecule has 1 unspecified atom stereocenters. The van der Waals surface area contributed by atoms with Crippen LogP contribution in [0.4, 0.5) is 9.52 Å². The Balaban J connectivity index is 1.41. The fourth-order valence-electron chi connectivity index (χ4n) is 5.18. The Labute approximate surface area is 260 Å². The average Bonchev–Trinajstić information content (AvgIpc) is 3.62. The number of aryl methyl sites for hydroxylation is 1. The van der Waals surface area contributed by atoms with E-state index in [0.29, 0.717) is 32.7 Å². The molecule has 1 atom stereocenters. The molecule has 0 radical (unpaired) electrons. The van der Waals surface area contributed by atoms with E-state index in [1.165, 1.54) is 43.0 Å². The lowest BCUT2D eigenvalue weighted by Crippen LogP contribution is -2.29. The largest absolute Gasteiger partial charge is 0.507 e. The summed E-state index contributed by atoms with van der Waals surface area (Å²) >= 11 is 2.63. The highest BCUT2D eigenvalue weighted by molar-refractivity contribution is 8.00. The van der Waals surface area contributed by atoms with Gasteiger partial charge in [-0.2, -0.15) is 0 Å². The monoisotopic (exact) mass is 627 g/mol. The minimum Gasteiger partial charge on any atom is -0.507 e. The summed E-state index contributed by atoms with van der Waals surface area (Å²) in [5.74, 6) is -1.45. The van der Waals surface area contributed by atoms with Crippen LogP contribution in [0.5, 0.6) is 11.5 Å². The van der Waals surface area contributed by atoms with Crippen molar-refractivity contribution in [3.63, 3.8) is 0 Å². The molecule has 0 saturated carbocycles. The summed E-state index contributed by atoms with van der Waals surface area (Å²) in [5.41, 5.74) is 1.82. The highest BCUT2D eigenvalue weighted by Gasteiger charge is 2.48. The van der Waals surface area contributed by atoms with Gasteiger partial charge in [-0.05, 0) is 52.6 Å². The van der Waals surface area contributed by atoms with Crippen LogP contribution >= 0.6 is 23.1 Å². The van der Waals surface area contributed by atoms with Crippen LogP contribution in [0, 0.1) is 12.7 Å². The minimum atomic E-state index is -1.09. The zero-order valence-electron chi connectivity index (χ0n) is 23.9. The van der Waals surface area contributed by atoms with Gasteiger partial charge in [0.1, 0.15) is 11.6 Å². The van der Waals surface area contributed by atoms with Gasteiger partial charge in [0.25, 0.3) is 5.78 Å². The van der Waals surface area contributed by atoms with Crippen molar-refractivity contribution in [3.8, 4) is 11.5 Å². The number of Topliss-reactive ketones (excluding diaryl/α,β-unsaturated/α-hetero) is 1. The Kier molecular flexibility index (Phi) is 8.07. The predicted molar refractivity (Wildman–Crippen MR) is 169 cm³/mol. The number of ketones is 1. The van der Waals surface area contributed by atoms with E-state index in [1.807, 2.05) is 18.2 Å². The highest BCUT2D eigenvalue weighted by atomic mass is 32.2. The first-order valence-electron chi connectivity index (χ1n) is 13.5. The van der Waals surface area contributed by atoms with Crippen molar-refractivity contribution in [3.05, 3.63) is 113 Å². The number of halogens is 1. The van der Waals surface area contributed by atoms with Crippen LogP contribution in [0.2, 0.25) is 0 Å². The third-order valence-corrected chi connectivity index (χ3v) is 9.55. The number of aliphatic hydroxyl groups is 1. The molecule has 2 heterocycles. The van der Waals surface area contributed by atoms with Crippen molar-refractivity contribution in [2.45, 2.75) is 23.1 Å². The second-order valence-electron chi connectivity index (χ2n) is 10.0. The van der Waals surface area contributed by atoms with E-state index in [0.717, 1.165) is 33.7 Å². The van der Waals surface area contributed by atoms with Crippen LogP contribution in [0.1, 0.15) is 28.3 Å². The average molecular weight is 628 g/mol. The summed E-state index contributed by atoms with van der Waals surface area (Å²) < 4.78 is 25.9. The number of nitrogens with zero attached hydrogens (tertiary/aromatic N) is 3. The number of hydrogen-bond donors (Lipinski definition) is 1. The van der Waals surface area contributed by atoms with Gasteiger partial charge in [0.15, 0.2) is 15.8 Å². The maximum Gasteiger partial charge on any atom is 0.301 e. The highest BCUT2D eigenvalue weighted by Crippen LogP contribution is 2.45. The van der Waals surface area contributed by atoms with Gasteiger partial charge in [-0.3, -0.25) is 14.5 Å². The fourth-order valence-corrected chi connectivity index (χ4v) is 7.05. The first-order valence-corrected chi connectivity index (χ1v) is 15.3. The number of benzene rings is 4. The van der Waals surface area contributed by atoms with Gasteiger partial charge in [0.2, 0.25) is 5.13 Å². The summed E-state index contributed by atoms with van der Waals surface area (Å²) in [6, 6.07) is 22.2. The van der Waals surface area contributed by atoms with Crippen LogP contribution in [-0.2, 0) is 15.3 Å². The number of hydrogen-bond acceptors (Lipinski definition) is 9. The van der Waals surface area contributed by atoms with Crippen molar-refractivity contribution < 1.29 is 28.6 Å². The quantitative estimate of drug-likeness (QED) is 0.0641. The third-order valence-electron chi connectivity index (χ3n) is 7.45. The number of carbonyl (C=O) groups is 2. The van der Waals surface area contributed by atoms with Crippen molar-refractivity contribution in [1.82, 2.24) is 10.2 Å². The second-order valence-corrected chi connectivity index (χ2v) is 12.2. The topological polar surface area (TPSA) is 102 Å². The lowest BCUT2D eigenvalue weighted by molar-refractivity contribution is -0.132. The number of anilines is 1. The molecule has 1 fully saturated rings. The summed E-state index contributed by atoms with van der Waals surface area (Å²) in [5, 5.41) is 22.4. The van der Waals surface area contributed by atoms with E-state index in [2.05, 4.69) is 34.5 Å². The van der Waals surface area contributed by atoms with Crippen LogP contribution in [-0.4, -0.2) is 41.2 Å². The first kappa shape index (κ1) is 29.3. The van der Waals surface area contributed by atoms with E-state index < -0.39 is 29.3 Å². The number of carbonyl (C=O) groups excluding carboxylic acids is 2. The van der Waals surface area contributed by atoms with E-state index in [9.17, 15) is 19.1 Å². The normalized spacial score (nSPS) is 16.1. The zero-order chi connectivity index (χ0) is 31.0. The van der Waals surface area contributed by atoms with Crippen molar-refractivity contribution >= 4 is 56.5 Å². The molecule has 6 rings (SSSR count). The third kappa shape index (κ3) is 5.29. The van der Waals surface area contributed by atoms with Crippen LogP contribution < -0.4 is 14.4 Å². The summed E-state index contributed by atoms with van der Waals surface area (Å²) in [4.78, 5) is 28.4. The number of ether oxygens (including phenoxy) is 2. The molecular weight excluding hydrogens is 602 g/mol. The molecular formula is C33H26FN3O5S2. The molecule has 4 aromatic carbocycles. The molecule has 0 bridgehead atoms. The molecule has 5 aromatic rings. The molecule has 222 valence electrons. The zero-order valence-corrected chi connectivity index (χ0v) is 25.5. The Morgan fingerprint density at radius 1 is 0.977 bits per heavy atom. The number of methoxy groups -OCH3 is 2. The maximum atomic E-state index is 14.5. The van der Waals surface area contributed by atoms with Gasteiger partial charge in [-0.1, -0.05) is 83.8 Å². The van der Waals surface area contributed by atoms with Crippen molar-refractivity contribution in [2.75, 3.05) is 19.1 Å². The molecule has 11 heteroatoms. The lowest BCUT2D eigenvalue weighted by atomic mass is 9.94. The molecule has 1 aliphatic rings. The van der Waals surface area contributed by atoms with E-state index in [-0.39, 0.29) is 16.3 Å². The molecule has 0 spiro atoms. The van der Waals surface area contributed by atoms with Crippen molar-refractivity contribution in [1.29, 1.82) is 0 Å². The van der Waals surface area contributed by atoms with Gasteiger partial charge in [-0.15, -0.1) is 10.2 Å². The lowest BCUT2D eigenvalue weighted by Gasteiger charge is -2.23. The number of amides is 1. The number of aliphatic hydroxyl groups excluding tert-OH is 1. The summed E-state index contributed by atoms with van der Waals surface area (Å²) in [6.45, 7) is 1.59. The molecule has 1 N–H and O–H groups in total. The maximum absolute atomic E-state index is 14.5. The molecule has 8 nitrogen and oxygen atoms in total. The molecule has 1 aromatic heterocycles. The Bertz CT molecular complexity index is 1950. The van der Waals surface area contributed by atoms with Gasteiger partial charge < -0.3 is 14.6 Å². The van der Waals surface area contributed by atoms with Gasteiger partial charge in [0.05, 0.1) is 25.8 Å². The van der Waals surface area contributed by atoms with Gasteiger partial charge in [-0.25, -0.2) is 4.39 Å². The van der Waals surface area contributed by atoms with Crippen LogP contribution in [0.3, 0.4) is 0 Å². The molecule has 0 aliphatic carbocycles. The van der Waals surface area contributed by atoms with Gasteiger partial charge in [0, 0.05) is 11.3 Å². The Morgan fingerprint density at radius 3 is 2.52 bits per heavy atom. The molecule has 1 amide bonds. The fraction of sp³-hybridized carbons (Fsp3) is 0.152. The molecule has 44 heavy (non-hydrogen) atoms. The number of rotatable bonds is 8. The van der Waals surface area contributed by atoms with E-state index in [1.54, 1.807) is 25.1 Å². The molecule has 1 aliphatic heterocycles. The van der Waals surface area contributed by atoms with Gasteiger partial charge >= 0.3 is 5.91 Å². The predicted octanol–water partition coefficient (Wildman–Crippen LogP) is 7.07. The summed E-state index contributed by atoms with van der Waals surface area (Å²) in [6.07, 6.45) is 0. The number of fused-ring (bicyclic) bond motifs is 1. The standard InChI is InChI=1S/C33H26FN3O5S2/c1-18-11-12-21(15-24(18)34)29(38)27-28(20-13-14-25(41-2)26(16-20)42-3)37(31(40)30(27)39)32-35-36-33(44-32)43-17-22-9-6-8-19-7-4-5-10-23(19)22/h4-16,28,38H,17H2,1-3H3/b29-27+. The smallest absolute Gasteiger partial charge is 0.301 e. The first-order chi connectivity index (χ1) is 21.3. The number of aromatic nitrogens is 2. The van der Waals surface area contributed by atoms with Crippen LogP contribution in [0.15, 0.2) is 88.8 Å². The minimum absolute atomic E-state index is 0.0696. The Hall–Kier alpha value is -4.74. The number of thioether (sulfide) groups is 1. The second kappa shape index (κ2) is 12.1. The Morgan fingerprint density at radius 2 is 1.75 bits per heavy atom. The van der Waals surface area contributed by atoms with Crippen molar-refractivity contribution in [2.24, 2.45) is 0 Å². The summed E-state index contributed by atoms with van der Waals surface area (Å²) in [7, 11) is 2.96. The van der Waals surface area contributed by atoms with E-state index >= 15 is 0 Å².